The summed E-state index contributed by atoms with van der Waals surface area (Å²) >= 11 is 0. The van der Waals surface area contributed by atoms with Gasteiger partial charge in [-0.05, 0) is 38.2 Å². The molecule has 3 rings (SSSR count). The quantitative estimate of drug-likeness (QED) is 0.629. The van der Waals surface area contributed by atoms with E-state index in [0.29, 0.717) is 16.3 Å². The Hall–Kier alpha value is -3.10. The molecule has 27 heavy (non-hydrogen) atoms. The summed E-state index contributed by atoms with van der Waals surface area (Å²) in [5.41, 5.74) is 8.98. The van der Waals surface area contributed by atoms with Gasteiger partial charge < -0.3 is 11.1 Å². The summed E-state index contributed by atoms with van der Waals surface area (Å²) < 4.78 is 14.3. The minimum absolute atomic E-state index is 0.0518. The summed E-state index contributed by atoms with van der Waals surface area (Å²) in [4.78, 5) is 21.7. The molecule has 1 unspecified atom stereocenters. The Morgan fingerprint density at radius 1 is 1.07 bits per heavy atom. The number of nitrogens with zero attached hydrogens (tertiary/aromatic N) is 2. The molecule has 0 radical (unpaired) electrons. The molecule has 1 amide bonds. The third kappa shape index (κ3) is 4.36. The van der Waals surface area contributed by atoms with Crippen LogP contribution in [0.2, 0.25) is 0 Å². The van der Waals surface area contributed by atoms with E-state index >= 15 is 0 Å². The van der Waals surface area contributed by atoms with E-state index in [1.807, 2.05) is 31.2 Å². The predicted molar refractivity (Wildman–Crippen MR) is 106 cm³/mol. The Morgan fingerprint density at radius 2 is 1.74 bits per heavy atom. The number of aryl methyl sites for hydroxylation is 1. The van der Waals surface area contributed by atoms with Crippen LogP contribution in [0, 0.1) is 6.92 Å². The Bertz CT molecular complexity index is 988. The van der Waals surface area contributed by atoms with Gasteiger partial charge in [0.2, 0.25) is 0 Å². The second-order valence-electron chi connectivity index (χ2n) is 5.81. The maximum atomic E-state index is 12.6. The molecule has 0 spiro atoms. The first-order valence-electron chi connectivity index (χ1n) is 8.18. The van der Waals surface area contributed by atoms with Crippen molar-refractivity contribution in [1.29, 1.82) is 0 Å². The number of anilines is 2. The molecule has 0 saturated carbocycles. The number of nitrogens with one attached hydrogen (secondary N) is 2. The van der Waals surface area contributed by atoms with Gasteiger partial charge in [-0.1, -0.05) is 29.8 Å². The lowest BCUT2D eigenvalue weighted by Gasteiger charge is -2.09. The Kier molecular flexibility index (Phi) is 5.58. The Labute approximate surface area is 159 Å². The second-order valence-corrected chi connectivity index (χ2v) is 7.22. The number of amides is 1. The molecular formula is C19H19N5O2S. The van der Waals surface area contributed by atoms with Gasteiger partial charge in [0.1, 0.15) is 11.0 Å². The van der Waals surface area contributed by atoms with Gasteiger partial charge in [-0.25, -0.2) is 18.9 Å². The molecule has 0 aliphatic carbocycles. The van der Waals surface area contributed by atoms with Crippen molar-refractivity contribution in [3.05, 3.63) is 66.0 Å². The number of aromatic nitrogens is 2. The number of hydrogen-bond donors (Lipinski definition) is 3. The van der Waals surface area contributed by atoms with E-state index in [-0.39, 0.29) is 11.5 Å². The lowest BCUT2D eigenvalue weighted by molar-refractivity contribution is 0.102. The summed E-state index contributed by atoms with van der Waals surface area (Å²) in [7, 11) is 0.323. The summed E-state index contributed by atoms with van der Waals surface area (Å²) in [6.45, 7) is 1.99. The van der Waals surface area contributed by atoms with Crippen LogP contribution in [-0.4, -0.2) is 27.1 Å². The molecule has 0 bridgehead atoms. The lowest BCUT2D eigenvalue weighted by atomic mass is 10.1. The molecule has 2 aromatic carbocycles. The summed E-state index contributed by atoms with van der Waals surface area (Å²) in [6.07, 6.45) is 1.54. The number of hydrogen-bond acceptors (Lipinski definition) is 5. The second kappa shape index (κ2) is 8.07. The SMILES string of the molecule is CNS(=O)c1ccc(NC(=O)c2nc(-c3ccc(C)cc3)cnc2N)cc1. The van der Waals surface area contributed by atoms with Crippen LogP contribution < -0.4 is 15.8 Å². The fourth-order valence-electron chi connectivity index (χ4n) is 2.40. The van der Waals surface area contributed by atoms with Crippen LogP contribution in [0.3, 0.4) is 0 Å². The zero-order valence-corrected chi connectivity index (χ0v) is 15.7. The normalized spacial score (nSPS) is 11.8. The van der Waals surface area contributed by atoms with Crippen LogP contribution in [-0.2, 0) is 11.0 Å². The molecule has 138 valence electrons. The minimum Gasteiger partial charge on any atom is -0.382 e. The maximum Gasteiger partial charge on any atom is 0.278 e. The third-order valence-corrected chi connectivity index (χ3v) is 4.95. The fourth-order valence-corrected chi connectivity index (χ4v) is 3.02. The Balaban J connectivity index is 1.83. The first kappa shape index (κ1) is 18.7. The van der Waals surface area contributed by atoms with Gasteiger partial charge >= 0.3 is 0 Å². The fraction of sp³-hybridized carbons (Fsp3) is 0.105. The van der Waals surface area contributed by atoms with Crippen molar-refractivity contribution in [2.75, 3.05) is 18.1 Å². The molecule has 0 aliphatic heterocycles. The highest BCUT2D eigenvalue weighted by atomic mass is 32.2. The molecule has 1 atom stereocenters. The number of carbonyl (C=O) groups excluding carboxylic acids is 1. The van der Waals surface area contributed by atoms with E-state index in [9.17, 15) is 9.00 Å². The Morgan fingerprint density at radius 3 is 2.37 bits per heavy atom. The van der Waals surface area contributed by atoms with Crippen molar-refractivity contribution in [2.24, 2.45) is 0 Å². The topological polar surface area (TPSA) is 110 Å². The number of benzene rings is 2. The van der Waals surface area contributed by atoms with E-state index in [2.05, 4.69) is 20.0 Å². The van der Waals surface area contributed by atoms with Crippen molar-refractivity contribution in [2.45, 2.75) is 11.8 Å². The van der Waals surface area contributed by atoms with Gasteiger partial charge in [-0.2, -0.15) is 0 Å². The number of nitrogens with two attached hydrogens (primary N) is 1. The van der Waals surface area contributed by atoms with Crippen molar-refractivity contribution in [3.63, 3.8) is 0 Å². The van der Waals surface area contributed by atoms with E-state index < -0.39 is 16.9 Å². The van der Waals surface area contributed by atoms with E-state index in [1.54, 1.807) is 37.5 Å². The van der Waals surface area contributed by atoms with E-state index in [1.165, 1.54) is 0 Å². The van der Waals surface area contributed by atoms with Crippen LogP contribution in [0.15, 0.2) is 59.6 Å². The van der Waals surface area contributed by atoms with E-state index in [4.69, 9.17) is 5.73 Å². The summed E-state index contributed by atoms with van der Waals surface area (Å²) in [5, 5.41) is 2.73. The number of rotatable bonds is 5. The molecule has 4 N–H and O–H groups in total. The zero-order chi connectivity index (χ0) is 19.4. The van der Waals surface area contributed by atoms with Crippen molar-refractivity contribution >= 4 is 28.4 Å². The van der Waals surface area contributed by atoms with Crippen molar-refractivity contribution in [1.82, 2.24) is 14.7 Å². The van der Waals surface area contributed by atoms with Gasteiger partial charge in [-0.3, -0.25) is 4.79 Å². The van der Waals surface area contributed by atoms with Gasteiger partial charge in [0.15, 0.2) is 11.5 Å². The van der Waals surface area contributed by atoms with Gasteiger partial charge in [0, 0.05) is 11.3 Å². The predicted octanol–water partition coefficient (Wildman–Crippen LogP) is 2.53. The highest BCUT2D eigenvalue weighted by Crippen LogP contribution is 2.20. The highest BCUT2D eigenvalue weighted by Gasteiger charge is 2.15. The molecule has 0 saturated heterocycles. The van der Waals surface area contributed by atoms with Gasteiger partial charge in [0.25, 0.3) is 5.91 Å². The highest BCUT2D eigenvalue weighted by molar-refractivity contribution is 7.83. The molecule has 3 aromatic rings. The van der Waals surface area contributed by atoms with Crippen LogP contribution in [0.5, 0.6) is 0 Å². The largest absolute Gasteiger partial charge is 0.382 e. The molecule has 0 aliphatic rings. The number of nitrogen functional groups attached to an aromatic ring is 1. The van der Waals surface area contributed by atoms with Gasteiger partial charge in [0.05, 0.1) is 16.8 Å². The standard InChI is InChI=1S/C19H19N5O2S/c1-12-3-5-13(6-4-12)16-11-22-18(20)17(24-16)19(25)23-14-7-9-15(10-8-14)27(26)21-2/h3-11,21H,1-2H3,(H2,20,22)(H,23,25). The molecule has 8 heteroatoms. The first-order valence-corrected chi connectivity index (χ1v) is 9.33. The van der Waals surface area contributed by atoms with Crippen LogP contribution >= 0.6 is 0 Å². The van der Waals surface area contributed by atoms with Crippen LogP contribution in [0.25, 0.3) is 11.3 Å². The lowest BCUT2D eigenvalue weighted by Crippen LogP contribution is -2.17. The molecular weight excluding hydrogens is 362 g/mol. The maximum absolute atomic E-state index is 12.6. The minimum atomic E-state index is -1.28. The first-order chi connectivity index (χ1) is 13.0. The number of carbonyl (C=O) groups is 1. The molecule has 7 nitrogen and oxygen atoms in total. The van der Waals surface area contributed by atoms with Crippen molar-refractivity contribution < 1.29 is 9.00 Å². The third-order valence-electron chi connectivity index (χ3n) is 3.87. The smallest absolute Gasteiger partial charge is 0.278 e. The average Bonchev–Trinajstić information content (AvgIpc) is 2.69. The molecule has 1 aromatic heterocycles. The van der Waals surface area contributed by atoms with Crippen LogP contribution in [0.1, 0.15) is 16.1 Å². The average molecular weight is 381 g/mol. The van der Waals surface area contributed by atoms with Crippen molar-refractivity contribution in [3.8, 4) is 11.3 Å². The molecule has 0 fully saturated rings. The van der Waals surface area contributed by atoms with Gasteiger partial charge in [-0.15, -0.1) is 0 Å². The summed E-state index contributed by atoms with van der Waals surface area (Å²) in [6, 6.07) is 14.4. The molecule has 1 heterocycles. The van der Waals surface area contributed by atoms with Crippen LogP contribution in [0.4, 0.5) is 11.5 Å². The monoisotopic (exact) mass is 381 g/mol. The van der Waals surface area contributed by atoms with E-state index in [0.717, 1.165) is 11.1 Å². The summed E-state index contributed by atoms with van der Waals surface area (Å²) in [5.74, 6) is -0.410. The zero-order valence-electron chi connectivity index (χ0n) is 14.9.